The molecule has 0 radical (unpaired) electrons. The summed E-state index contributed by atoms with van der Waals surface area (Å²) < 4.78 is 5.32. The minimum absolute atomic E-state index is 0.0675. The van der Waals surface area contributed by atoms with Crippen LogP contribution in [0, 0.1) is 5.92 Å². The molecule has 1 aliphatic heterocycles. The first kappa shape index (κ1) is 19.3. The van der Waals surface area contributed by atoms with Gasteiger partial charge in [0, 0.05) is 32.0 Å². The van der Waals surface area contributed by atoms with Crippen molar-refractivity contribution in [1.29, 1.82) is 0 Å². The molecule has 1 N–H and O–H groups in total. The summed E-state index contributed by atoms with van der Waals surface area (Å²) in [7, 11) is 1.65. The highest BCUT2D eigenvalue weighted by molar-refractivity contribution is 5.77. The van der Waals surface area contributed by atoms with E-state index in [4.69, 9.17) is 4.74 Å². The van der Waals surface area contributed by atoms with Crippen molar-refractivity contribution in [3.63, 3.8) is 0 Å². The summed E-state index contributed by atoms with van der Waals surface area (Å²) >= 11 is 0. The van der Waals surface area contributed by atoms with Crippen LogP contribution in [0.1, 0.15) is 45.1 Å². The molecule has 2 rings (SSSR count). The maximum Gasteiger partial charge on any atom is 0.222 e. The number of ether oxygens (including phenoxy) is 1. The van der Waals surface area contributed by atoms with Gasteiger partial charge in [-0.15, -0.1) is 0 Å². The van der Waals surface area contributed by atoms with Gasteiger partial charge in [0.1, 0.15) is 5.75 Å². The van der Waals surface area contributed by atoms with E-state index in [-0.39, 0.29) is 17.9 Å². The minimum Gasteiger partial charge on any atom is -0.496 e. The zero-order valence-corrected chi connectivity index (χ0v) is 15.6. The molecule has 1 aromatic carbocycles. The van der Waals surface area contributed by atoms with Gasteiger partial charge >= 0.3 is 0 Å². The lowest BCUT2D eigenvalue weighted by molar-refractivity contribution is -0.133. The van der Waals surface area contributed by atoms with Crippen molar-refractivity contribution in [2.75, 3.05) is 20.2 Å². The number of methoxy groups -OCH3 is 1. The zero-order chi connectivity index (χ0) is 18.2. The Balaban J connectivity index is 1.72. The zero-order valence-electron chi connectivity index (χ0n) is 15.6. The molecule has 0 spiro atoms. The number of likely N-dealkylation sites (tertiary alicyclic amines) is 1. The van der Waals surface area contributed by atoms with E-state index in [1.54, 1.807) is 7.11 Å². The summed E-state index contributed by atoms with van der Waals surface area (Å²) in [6.07, 6.45) is 3.40. The number of nitrogens with zero attached hydrogens (tertiary/aromatic N) is 1. The Morgan fingerprint density at radius 1 is 1.24 bits per heavy atom. The summed E-state index contributed by atoms with van der Waals surface area (Å²) in [5, 5.41) is 3.11. The molecule has 138 valence electrons. The lowest BCUT2D eigenvalue weighted by atomic mass is 10.0. The number of amides is 2. The molecule has 0 bridgehead atoms. The SMILES string of the molecule is COc1ccccc1CCC(=O)NC1CCN(C(=O)CC(C)C)CC1. The monoisotopic (exact) mass is 346 g/mol. The smallest absolute Gasteiger partial charge is 0.222 e. The van der Waals surface area contributed by atoms with Gasteiger partial charge in [0.05, 0.1) is 7.11 Å². The molecule has 1 saturated heterocycles. The topological polar surface area (TPSA) is 58.6 Å². The normalized spacial score (nSPS) is 15.3. The van der Waals surface area contributed by atoms with E-state index >= 15 is 0 Å². The van der Waals surface area contributed by atoms with Gasteiger partial charge in [-0.05, 0) is 36.8 Å². The van der Waals surface area contributed by atoms with Crippen molar-refractivity contribution in [3.05, 3.63) is 29.8 Å². The fourth-order valence-corrected chi connectivity index (χ4v) is 3.21. The molecule has 0 atom stereocenters. The third kappa shape index (κ3) is 6.07. The molecule has 1 aromatic rings. The Morgan fingerprint density at radius 2 is 1.92 bits per heavy atom. The number of aryl methyl sites for hydroxylation is 1. The largest absolute Gasteiger partial charge is 0.496 e. The van der Waals surface area contributed by atoms with Gasteiger partial charge in [-0.25, -0.2) is 0 Å². The van der Waals surface area contributed by atoms with Crippen molar-refractivity contribution in [3.8, 4) is 5.75 Å². The van der Waals surface area contributed by atoms with Gasteiger partial charge in [-0.1, -0.05) is 32.0 Å². The summed E-state index contributed by atoms with van der Waals surface area (Å²) in [6.45, 7) is 5.60. The number of carbonyl (C=O) groups excluding carboxylic acids is 2. The van der Waals surface area contributed by atoms with Crippen LogP contribution in [0.2, 0.25) is 0 Å². The summed E-state index contributed by atoms with van der Waals surface area (Å²) in [4.78, 5) is 26.2. The van der Waals surface area contributed by atoms with E-state index in [1.807, 2.05) is 29.2 Å². The van der Waals surface area contributed by atoms with Crippen LogP contribution in [0.4, 0.5) is 0 Å². The highest BCUT2D eigenvalue weighted by Crippen LogP contribution is 2.19. The number of hydrogen-bond acceptors (Lipinski definition) is 3. The van der Waals surface area contributed by atoms with Gasteiger partial charge in [0.25, 0.3) is 0 Å². The van der Waals surface area contributed by atoms with Crippen molar-refractivity contribution >= 4 is 11.8 Å². The molecule has 1 aliphatic rings. The van der Waals surface area contributed by atoms with Gasteiger partial charge < -0.3 is 15.0 Å². The number of hydrogen-bond donors (Lipinski definition) is 1. The van der Waals surface area contributed by atoms with Crippen LogP contribution in [-0.4, -0.2) is 43.0 Å². The maximum atomic E-state index is 12.2. The summed E-state index contributed by atoms with van der Waals surface area (Å²) in [5.74, 6) is 1.51. The van der Waals surface area contributed by atoms with E-state index in [1.165, 1.54) is 0 Å². The summed E-state index contributed by atoms with van der Waals surface area (Å²) in [5.41, 5.74) is 1.05. The molecule has 0 aromatic heterocycles. The van der Waals surface area contributed by atoms with Crippen LogP contribution in [-0.2, 0) is 16.0 Å². The second kappa shape index (κ2) is 9.44. The second-order valence-corrected chi connectivity index (χ2v) is 7.13. The number of nitrogens with one attached hydrogen (secondary N) is 1. The number of benzene rings is 1. The molecule has 25 heavy (non-hydrogen) atoms. The maximum absolute atomic E-state index is 12.2. The third-order valence-corrected chi connectivity index (χ3v) is 4.61. The molecule has 5 nitrogen and oxygen atoms in total. The number of carbonyl (C=O) groups is 2. The van der Waals surface area contributed by atoms with Gasteiger partial charge in [0.2, 0.25) is 11.8 Å². The van der Waals surface area contributed by atoms with Crippen LogP contribution < -0.4 is 10.1 Å². The fraction of sp³-hybridized carbons (Fsp3) is 0.600. The van der Waals surface area contributed by atoms with E-state index in [0.29, 0.717) is 25.2 Å². The Hall–Kier alpha value is -2.04. The molecule has 1 fully saturated rings. The van der Waals surface area contributed by atoms with Crippen LogP contribution in [0.15, 0.2) is 24.3 Å². The minimum atomic E-state index is 0.0675. The first-order chi connectivity index (χ1) is 12.0. The van der Waals surface area contributed by atoms with Gasteiger partial charge in [0.15, 0.2) is 0 Å². The number of piperidine rings is 1. The van der Waals surface area contributed by atoms with Crippen molar-refractivity contribution in [2.24, 2.45) is 5.92 Å². The van der Waals surface area contributed by atoms with Crippen molar-refractivity contribution in [1.82, 2.24) is 10.2 Å². The highest BCUT2D eigenvalue weighted by atomic mass is 16.5. The average Bonchev–Trinajstić information content (AvgIpc) is 2.60. The molecule has 0 saturated carbocycles. The van der Waals surface area contributed by atoms with Crippen molar-refractivity contribution < 1.29 is 14.3 Å². The third-order valence-electron chi connectivity index (χ3n) is 4.61. The highest BCUT2D eigenvalue weighted by Gasteiger charge is 2.24. The number of rotatable bonds is 7. The van der Waals surface area contributed by atoms with E-state index in [2.05, 4.69) is 19.2 Å². The van der Waals surface area contributed by atoms with Gasteiger partial charge in [-0.2, -0.15) is 0 Å². The predicted molar refractivity (Wildman–Crippen MR) is 98.5 cm³/mol. The van der Waals surface area contributed by atoms with E-state index in [0.717, 1.165) is 37.2 Å². The molecular formula is C20H30N2O3. The van der Waals surface area contributed by atoms with Crippen molar-refractivity contribution in [2.45, 2.75) is 52.0 Å². The number of para-hydroxylation sites is 1. The molecule has 1 heterocycles. The predicted octanol–water partition coefficient (Wildman–Crippen LogP) is 2.78. The van der Waals surface area contributed by atoms with Crippen LogP contribution in [0.25, 0.3) is 0 Å². The second-order valence-electron chi connectivity index (χ2n) is 7.13. The van der Waals surface area contributed by atoms with Crippen LogP contribution in [0.5, 0.6) is 5.75 Å². The Kier molecular flexibility index (Phi) is 7.29. The molecule has 2 amide bonds. The average molecular weight is 346 g/mol. The lowest BCUT2D eigenvalue weighted by Gasteiger charge is -2.33. The molecule has 0 unspecified atom stereocenters. The van der Waals surface area contributed by atoms with Gasteiger partial charge in [-0.3, -0.25) is 9.59 Å². The fourth-order valence-electron chi connectivity index (χ4n) is 3.21. The molecule has 0 aliphatic carbocycles. The Bertz CT molecular complexity index is 578. The summed E-state index contributed by atoms with van der Waals surface area (Å²) in [6, 6.07) is 7.96. The standard InChI is InChI=1S/C20H30N2O3/c1-15(2)14-20(24)22-12-10-17(11-13-22)21-19(23)9-8-16-6-4-5-7-18(16)25-3/h4-7,15,17H,8-14H2,1-3H3,(H,21,23). The first-order valence-corrected chi connectivity index (χ1v) is 9.18. The van der Waals surface area contributed by atoms with Crippen LogP contribution >= 0.6 is 0 Å². The van der Waals surface area contributed by atoms with E-state index < -0.39 is 0 Å². The first-order valence-electron chi connectivity index (χ1n) is 9.18. The lowest BCUT2D eigenvalue weighted by Crippen LogP contribution is -2.46. The van der Waals surface area contributed by atoms with E-state index in [9.17, 15) is 9.59 Å². The quantitative estimate of drug-likeness (QED) is 0.826. The Labute approximate surface area is 150 Å². The molecular weight excluding hydrogens is 316 g/mol. The van der Waals surface area contributed by atoms with Crippen LogP contribution in [0.3, 0.4) is 0 Å². The Morgan fingerprint density at radius 3 is 2.56 bits per heavy atom. The molecule has 5 heteroatoms.